The number of thioether (sulfide) groups is 1. The monoisotopic (exact) mass is 530 g/mol. The van der Waals surface area contributed by atoms with Crippen molar-refractivity contribution in [1.82, 2.24) is 4.90 Å². The number of fused-ring (bicyclic) bond motifs is 2. The normalized spacial score (nSPS) is 33.2. The van der Waals surface area contributed by atoms with Crippen molar-refractivity contribution < 1.29 is 24.2 Å². The summed E-state index contributed by atoms with van der Waals surface area (Å²) in [5.74, 6) is -2.05. The Morgan fingerprint density at radius 3 is 2.53 bits per heavy atom. The zero-order valence-corrected chi connectivity index (χ0v) is 21.8. The summed E-state index contributed by atoms with van der Waals surface area (Å²) >= 11 is 7.64. The minimum absolute atomic E-state index is 0.141. The van der Waals surface area contributed by atoms with Gasteiger partial charge in [-0.05, 0) is 50.1 Å². The zero-order valence-electron chi connectivity index (χ0n) is 20.3. The molecule has 2 saturated heterocycles. The summed E-state index contributed by atoms with van der Waals surface area (Å²) < 4.78 is 3.94. The molecule has 1 spiro atoms. The number of rotatable bonds is 7. The van der Waals surface area contributed by atoms with Gasteiger partial charge in [0.1, 0.15) is 12.6 Å². The number of carbonyl (C=O) groups excluding carboxylic acids is 3. The number of carbonyl (C=O) groups is 3. The first-order chi connectivity index (χ1) is 17.3. The quantitative estimate of drug-likeness (QED) is 0.329. The van der Waals surface area contributed by atoms with Gasteiger partial charge in [-0.1, -0.05) is 42.7 Å². The largest absolute Gasteiger partial charge is 0.461 e. The number of benzene rings is 1. The van der Waals surface area contributed by atoms with E-state index in [0.717, 1.165) is 19.3 Å². The van der Waals surface area contributed by atoms with Crippen LogP contribution in [0.5, 0.6) is 0 Å². The third-order valence-electron chi connectivity index (χ3n) is 7.76. The van der Waals surface area contributed by atoms with E-state index < -0.39 is 27.4 Å². The van der Waals surface area contributed by atoms with Crippen LogP contribution >= 0.6 is 23.4 Å². The number of aliphatic hydroxyl groups excluding tert-OH is 1. The van der Waals surface area contributed by atoms with Crippen LogP contribution in [0.15, 0.2) is 48.6 Å². The second-order valence-electron chi connectivity index (χ2n) is 10.0. The first kappa shape index (κ1) is 25.4. The van der Waals surface area contributed by atoms with Crippen molar-refractivity contribution in [2.45, 2.75) is 48.1 Å². The number of esters is 1. The lowest BCUT2D eigenvalue weighted by Gasteiger charge is -2.36. The number of amides is 2. The smallest absolute Gasteiger partial charge is 0.311 e. The zero-order chi connectivity index (χ0) is 25.5. The van der Waals surface area contributed by atoms with Crippen LogP contribution < -0.4 is 4.90 Å². The number of cyclic esters (lactones) is 1. The molecule has 0 bridgehead atoms. The number of likely N-dealkylation sites (tertiary alicyclic amines) is 1. The molecule has 0 saturated carbocycles. The molecule has 1 aromatic rings. The number of ether oxygens (including phenoxy) is 1. The Bertz CT molecular complexity index is 1110. The number of unbranched alkanes of at least 4 members (excludes halogenated alkanes) is 3. The number of aliphatic hydroxyl groups is 1. The molecule has 0 aromatic heterocycles. The summed E-state index contributed by atoms with van der Waals surface area (Å²) in [6.45, 7) is 3.10. The first-order valence-electron chi connectivity index (χ1n) is 12.5. The van der Waals surface area contributed by atoms with Gasteiger partial charge in [0.2, 0.25) is 5.91 Å². The van der Waals surface area contributed by atoms with Gasteiger partial charge >= 0.3 is 5.97 Å². The summed E-state index contributed by atoms with van der Waals surface area (Å²) in [5, 5.41) is 9.68. The van der Waals surface area contributed by atoms with Crippen molar-refractivity contribution >= 4 is 46.8 Å². The molecular formula is C27H31ClN2O5S. The number of halogens is 1. The van der Waals surface area contributed by atoms with E-state index in [1.807, 2.05) is 43.4 Å². The standard InChI is InChI=1S/C27H31ClN2O5S/c1-26-12-7-17-35-25(34)21(26)20-23(32)30(14-4-2-3-5-16-31)22-24(33)29(15-6-13-27(20,22)36-26)19-10-8-18(28)9-11-19/h6-13,20-22,31H,2-5,14-17H2,1H3/t20-,21-,22?,26+,27-/m0/s1. The van der Waals surface area contributed by atoms with Crippen LogP contribution in [0.2, 0.25) is 5.02 Å². The van der Waals surface area contributed by atoms with Gasteiger partial charge in [0.25, 0.3) is 5.91 Å². The molecule has 0 radical (unpaired) electrons. The predicted molar refractivity (Wildman–Crippen MR) is 140 cm³/mol. The van der Waals surface area contributed by atoms with Crippen LogP contribution in [0.3, 0.4) is 0 Å². The molecule has 36 heavy (non-hydrogen) atoms. The minimum atomic E-state index is -0.874. The number of hydrogen-bond donors (Lipinski definition) is 1. The fourth-order valence-corrected chi connectivity index (χ4v) is 8.47. The van der Waals surface area contributed by atoms with Gasteiger partial charge < -0.3 is 19.6 Å². The molecule has 1 N–H and O–H groups in total. The van der Waals surface area contributed by atoms with E-state index in [2.05, 4.69) is 0 Å². The Morgan fingerprint density at radius 1 is 1.03 bits per heavy atom. The lowest BCUT2D eigenvalue weighted by Crippen LogP contribution is -2.53. The molecule has 7 nitrogen and oxygen atoms in total. The van der Waals surface area contributed by atoms with Crippen LogP contribution in [0, 0.1) is 11.8 Å². The van der Waals surface area contributed by atoms with Crippen LogP contribution in [0.4, 0.5) is 5.69 Å². The van der Waals surface area contributed by atoms with Crippen molar-refractivity contribution in [2.24, 2.45) is 11.8 Å². The predicted octanol–water partition coefficient (Wildman–Crippen LogP) is 3.60. The topological polar surface area (TPSA) is 87.1 Å². The highest BCUT2D eigenvalue weighted by Gasteiger charge is 2.74. The molecule has 192 valence electrons. The van der Waals surface area contributed by atoms with Gasteiger partial charge in [0.05, 0.1) is 16.6 Å². The van der Waals surface area contributed by atoms with Gasteiger partial charge in [0.15, 0.2) is 0 Å². The maximum atomic E-state index is 14.3. The average Bonchev–Trinajstić information content (AvgIpc) is 3.10. The van der Waals surface area contributed by atoms with Crippen molar-refractivity contribution in [3.05, 3.63) is 53.6 Å². The Kier molecular flexibility index (Phi) is 6.96. The van der Waals surface area contributed by atoms with Crippen molar-refractivity contribution in [3.8, 4) is 0 Å². The number of hydrogen-bond acceptors (Lipinski definition) is 6. The van der Waals surface area contributed by atoms with Crippen molar-refractivity contribution in [1.29, 1.82) is 0 Å². The molecule has 4 aliphatic rings. The third kappa shape index (κ3) is 4.07. The molecular weight excluding hydrogens is 500 g/mol. The molecule has 1 aromatic carbocycles. The Labute approximate surface area is 220 Å². The molecule has 2 fully saturated rings. The van der Waals surface area contributed by atoms with Gasteiger partial charge in [-0.25, -0.2) is 0 Å². The molecule has 5 atom stereocenters. The Hall–Kier alpha value is -2.29. The summed E-state index contributed by atoms with van der Waals surface area (Å²) in [7, 11) is 0. The molecule has 4 heterocycles. The maximum Gasteiger partial charge on any atom is 0.311 e. The maximum absolute atomic E-state index is 14.3. The lowest BCUT2D eigenvalue weighted by molar-refractivity contribution is -0.152. The molecule has 9 heteroatoms. The summed E-state index contributed by atoms with van der Waals surface area (Å²) in [6, 6.07) is 6.39. The van der Waals surface area contributed by atoms with Crippen molar-refractivity contribution in [3.63, 3.8) is 0 Å². The van der Waals surface area contributed by atoms with Crippen LogP contribution in [-0.4, -0.2) is 69.6 Å². The van der Waals surface area contributed by atoms with Crippen LogP contribution in [0.1, 0.15) is 32.6 Å². The second-order valence-corrected chi connectivity index (χ2v) is 12.3. The highest BCUT2D eigenvalue weighted by atomic mass is 35.5. The van der Waals surface area contributed by atoms with Gasteiger partial charge in [-0.3, -0.25) is 14.4 Å². The van der Waals surface area contributed by atoms with E-state index in [-0.39, 0.29) is 31.0 Å². The van der Waals surface area contributed by atoms with E-state index in [9.17, 15) is 14.4 Å². The minimum Gasteiger partial charge on any atom is -0.461 e. The summed E-state index contributed by atoms with van der Waals surface area (Å²) in [5.41, 5.74) is 0.715. The highest BCUT2D eigenvalue weighted by Crippen LogP contribution is 2.65. The first-order valence-corrected chi connectivity index (χ1v) is 13.7. The van der Waals surface area contributed by atoms with Crippen LogP contribution in [-0.2, 0) is 19.1 Å². The number of anilines is 1. The fourth-order valence-electron chi connectivity index (χ4n) is 6.20. The molecule has 4 aliphatic heterocycles. The van der Waals surface area contributed by atoms with E-state index in [1.54, 1.807) is 33.7 Å². The Balaban J connectivity index is 1.55. The number of nitrogens with zero attached hydrogens (tertiary/aromatic N) is 2. The van der Waals surface area contributed by atoms with E-state index in [0.29, 0.717) is 30.2 Å². The average molecular weight is 531 g/mol. The summed E-state index contributed by atoms with van der Waals surface area (Å²) in [4.78, 5) is 45.0. The molecule has 0 aliphatic carbocycles. The molecule has 5 rings (SSSR count). The molecule has 1 unspecified atom stereocenters. The van der Waals surface area contributed by atoms with Gasteiger partial charge in [0, 0.05) is 35.2 Å². The SMILES string of the molecule is C[C@@]12C=CCOC(=O)[C@@H]1[C@H]1C(=O)N(CCCCCCO)C3C(=O)N(c4ccc(Cl)cc4)CC=C[C@@]31S2. The third-order valence-corrected chi connectivity index (χ3v) is 9.81. The second kappa shape index (κ2) is 9.88. The van der Waals surface area contributed by atoms with Gasteiger partial charge in [-0.15, -0.1) is 11.8 Å². The lowest BCUT2D eigenvalue weighted by atomic mass is 9.75. The highest BCUT2D eigenvalue weighted by molar-refractivity contribution is 8.02. The Morgan fingerprint density at radius 2 is 1.78 bits per heavy atom. The van der Waals surface area contributed by atoms with Crippen LogP contribution in [0.25, 0.3) is 0 Å². The van der Waals surface area contributed by atoms with E-state index >= 15 is 0 Å². The van der Waals surface area contributed by atoms with Crippen molar-refractivity contribution in [2.75, 3.05) is 31.2 Å². The van der Waals surface area contributed by atoms with Gasteiger partial charge in [-0.2, -0.15) is 0 Å². The van der Waals surface area contributed by atoms with E-state index in [1.165, 1.54) is 0 Å². The summed E-state index contributed by atoms with van der Waals surface area (Å²) in [6.07, 6.45) is 10.9. The fraction of sp³-hybridized carbons (Fsp3) is 0.519. The molecule has 2 amide bonds. The van der Waals surface area contributed by atoms with E-state index in [4.69, 9.17) is 21.4 Å².